The lowest BCUT2D eigenvalue weighted by atomic mass is 10.2. The predicted molar refractivity (Wildman–Crippen MR) is 124 cm³/mol. The SMILES string of the molecule is O=C(NNC(=O)c1ccc(-c2ccc(F)cc2)s1)c1cccc(S(=O)(=O)N2CCCCC2)c1. The Bertz CT molecular complexity index is 1270. The van der Waals surface area contributed by atoms with E-state index in [2.05, 4.69) is 10.9 Å². The zero-order valence-electron chi connectivity index (χ0n) is 17.6. The summed E-state index contributed by atoms with van der Waals surface area (Å²) in [6.45, 7) is 0.936. The molecule has 0 saturated carbocycles. The standard InChI is InChI=1S/C23H22FN3O4S2/c24-18-9-7-16(8-10-18)20-11-12-21(32-20)23(29)26-25-22(28)17-5-4-6-19(15-17)33(30,31)27-13-2-1-3-14-27/h4-12,15H,1-3,13-14H2,(H,25,28)(H,26,29). The van der Waals surface area contributed by atoms with Crippen molar-refractivity contribution in [2.45, 2.75) is 24.2 Å². The predicted octanol–water partition coefficient (Wildman–Crippen LogP) is 3.80. The van der Waals surface area contributed by atoms with Gasteiger partial charge in [-0.3, -0.25) is 20.4 Å². The van der Waals surface area contributed by atoms with Crippen LogP contribution in [-0.2, 0) is 10.0 Å². The zero-order valence-corrected chi connectivity index (χ0v) is 19.2. The summed E-state index contributed by atoms with van der Waals surface area (Å²) in [6, 6.07) is 15.0. The number of nitrogens with zero attached hydrogens (tertiary/aromatic N) is 1. The summed E-state index contributed by atoms with van der Waals surface area (Å²) in [5.41, 5.74) is 5.56. The highest BCUT2D eigenvalue weighted by Gasteiger charge is 2.26. The Morgan fingerprint density at radius 1 is 0.879 bits per heavy atom. The van der Waals surface area contributed by atoms with Gasteiger partial charge in [0, 0.05) is 23.5 Å². The van der Waals surface area contributed by atoms with Crippen molar-refractivity contribution < 1.29 is 22.4 Å². The smallest absolute Gasteiger partial charge is 0.267 e. The second-order valence-corrected chi connectivity index (χ2v) is 10.6. The molecule has 172 valence electrons. The number of rotatable bonds is 5. The molecule has 7 nitrogen and oxygen atoms in total. The number of hydrogen-bond acceptors (Lipinski definition) is 5. The minimum absolute atomic E-state index is 0.0468. The van der Waals surface area contributed by atoms with Crippen molar-refractivity contribution in [3.63, 3.8) is 0 Å². The Hall–Kier alpha value is -3.08. The molecule has 10 heteroatoms. The quantitative estimate of drug-likeness (QED) is 0.535. The number of nitrogens with one attached hydrogen (secondary N) is 2. The Morgan fingerprint density at radius 3 is 2.30 bits per heavy atom. The van der Waals surface area contributed by atoms with E-state index in [0.29, 0.717) is 18.0 Å². The van der Waals surface area contributed by atoms with Gasteiger partial charge in [0.1, 0.15) is 5.82 Å². The highest BCUT2D eigenvalue weighted by molar-refractivity contribution is 7.89. The lowest BCUT2D eigenvalue weighted by Crippen LogP contribution is -2.41. The number of carbonyl (C=O) groups is 2. The molecule has 0 unspecified atom stereocenters. The summed E-state index contributed by atoms with van der Waals surface area (Å²) >= 11 is 1.20. The normalized spacial score (nSPS) is 14.6. The number of halogens is 1. The fourth-order valence-electron chi connectivity index (χ4n) is 3.53. The van der Waals surface area contributed by atoms with Gasteiger partial charge in [-0.05, 0) is 60.9 Å². The van der Waals surface area contributed by atoms with E-state index in [9.17, 15) is 22.4 Å². The first-order valence-electron chi connectivity index (χ1n) is 10.4. The average Bonchev–Trinajstić information content (AvgIpc) is 3.34. The van der Waals surface area contributed by atoms with E-state index in [0.717, 1.165) is 29.7 Å². The highest BCUT2D eigenvalue weighted by atomic mass is 32.2. The molecule has 2 amide bonds. The van der Waals surface area contributed by atoms with Gasteiger partial charge in [-0.25, -0.2) is 12.8 Å². The molecule has 4 rings (SSSR count). The minimum Gasteiger partial charge on any atom is -0.267 e. The number of sulfonamides is 1. The van der Waals surface area contributed by atoms with Gasteiger partial charge in [0.05, 0.1) is 9.77 Å². The molecule has 3 aromatic rings. The van der Waals surface area contributed by atoms with Gasteiger partial charge < -0.3 is 0 Å². The van der Waals surface area contributed by atoms with Crippen molar-refractivity contribution in [1.29, 1.82) is 0 Å². The van der Waals surface area contributed by atoms with Crippen molar-refractivity contribution in [3.05, 3.63) is 76.9 Å². The van der Waals surface area contributed by atoms with Crippen molar-refractivity contribution >= 4 is 33.2 Å². The third kappa shape index (κ3) is 5.29. The van der Waals surface area contributed by atoms with Crippen LogP contribution in [0.3, 0.4) is 0 Å². The first-order chi connectivity index (χ1) is 15.8. The zero-order chi connectivity index (χ0) is 23.4. The fourth-order valence-corrected chi connectivity index (χ4v) is 6.00. The van der Waals surface area contributed by atoms with Crippen molar-refractivity contribution in [3.8, 4) is 10.4 Å². The van der Waals surface area contributed by atoms with E-state index in [1.165, 1.54) is 52.0 Å². The number of amides is 2. The van der Waals surface area contributed by atoms with Crippen LogP contribution in [0.1, 0.15) is 39.3 Å². The second kappa shape index (κ2) is 9.82. The molecule has 0 spiro atoms. The summed E-state index contributed by atoms with van der Waals surface area (Å²) in [6.07, 6.45) is 2.64. The minimum atomic E-state index is -3.67. The van der Waals surface area contributed by atoms with Gasteiger partial charge in [0.2, 0.25) is 10.0 Å². The lowest BCUT2D eigenvalue weighted by molar-refractivity contribution is 0.0849. The van der Waals surface area contributed by atoms with Crippen LogP contribution in [0, 0.1) is 5.82 Å². The van der Waals surface area contributed by atoms with Gasteiger partial charge in [-0.15, -0.1) is 11.3 Å². The van der Waals surface area contributed by atoms with E-state index in [-0.39, 0.29) is 16.3 Å². The van der Waals surface area contributed by atoms with E-state index in [4.69, 9.17) is 0 Å². The number of hydrazine groups is 1. The maximum absolute atomic E-state index is 13.1. The molecule has 0 aliphatic carbocycles. The van der Waals surface area contributed by atoms with Crippen LogP contribution in [-0.4, -0.2) is 37.6 Å². The van der Waals surface area contributed by atoms with Crippen molar-refractivity contribution in [2.75, 3.05) is 13.1 Å². The number of benzene rings is 2. The Balaban J connectivity index is 1.40. The van der Waals surface area contributed by atoms with Crippen LogP contribution in [0.5, 0.6) is 0 Å². The molecular weight excluding hydrogens is 465 g/mol. The maximum atomic E-state index is 13.1. The summed E-state index contributed by atoms with van der Waals surface area (Å²) in [5.74, 6) is -1.49. The number of thiophene rings is 1. The summed E-state index contributed by atoms with van der Waals surface area (Å²) in [7, 11) is -3.67. The average molecular weight is 488 g/mol. The van der Waals surface area contributed by atoms with Crippen LogP contribution in [0.4, 0.5) is 4.39 Å². The van der Waals surface area contributed by atoms with Crippen molar-refractivity contribution in [2.24, 2.45) is 0 Å². The summed E-state index contributed by atoms with van der Waals surface area (Å²) in [5, 5.41) is 0. The van der Waals surface area contributed by atoms with Crippen LogP contribution in [0.25, 0.3) is 10.4 Å². The topological polar surface area (TPSA) is 95.6 Å². The molecule has 2 N–H and O–H groups in total. The van der Waals surface area contributed by atoms with Gasteiger partial charge in [0.15, 0.2) is 0 Å². The first-order valence-corrected chi connectivity index (χ1v) is 12.7. The van der Waals surface area contributed by atoms with E-state index in [1.807, 2.05) is 0 Å². The number of piperidine rings is 1. The Kier molecular flexibility index (Phi) is 6.87. The van der Waals surface area contributed by atoms with Gasteiger partial charge >= 0.3 is 0 Å². The fraction of sp³-hybridized carbons (Fsp3) is 0.217. The Labute approximate surface area is 195 Å². The van der Waals surface area contributed by atoms with Crippen LogP contribution in [0.15, 0.2) is 65.6 Å². The molecule has 0 atom stereocenters. The van der Waals surface area contributed by atoms with Crippen molar-refractivity contribution in [1.82, 2.24) is 15.2 Å². The van der Waals surface area contributed by atoms with Gasteiger partial charge in [0.25, 0.3) is 11.8 Å². The van der Waals surface area contributed by atoms with Gasteiger partial charge in [-0.2, -0.15) is 4.31 Å². The molecule has 2 heterocycles. The molecule has 33 heavy (non-hydrogen) atoms. The first kappa shape index (κ1) is 23.1. The molecule has 1 aliphatic rings. The molecule has 0 bridgehead atoms. The molecule has 1 aromatic heterocycles. The molecular formula is C23H22FN3O4S2. The number of hydrogen-bond donors (Lipinski definition) is 2. The molecule has 1 saturated heterocycles. The molecule has 1 fully saturated rings. The third-order valence-electron chi connectivity index (χ3n) is 5.30. The highest BCUT2D eigenvalue weighted by Crippen LogP contribution is 2.28. The molecule has 2 aromatic carbocycles. The largest absolute Gasteiger partial charge is 0.279 e. The second-order valence-electron chi connectivity index (χ2n) is 7.57. The van der Waals surface area contributed by atoms with E-state index >= 15 is 0 Å². The molecule has 0 radical (unpaired) electrons. The maximum Gasteiger partial charge on any atom is 0.279 e. The third-order valence-corrected chi connectivity index (χ3v) is 8.32. The van der Waals surface area contributed by atoms with Gasteiger partial charge in [-0.1, -0.05) is 24.6 Å². The summed E-state index contributed by atoms with van der Waals surface area (Å²) in [4.78, 5) is 26.1. The lowest BCUT2D eigenvalue weighted by Gasteiger charge is -2.26. The van der Waals surface area contributed by atoms with Crippen LogP contribution in [0.2, 0.25) is 0 Å². The van der Waals surface area contributed by atoms with E-state index < -0.39 is 21.8 Å². The summed E-state index contributed by atoms with van der Waals surface area (Å²) < 4.78 is 40.2. The monoisotopic (exact) mass is 487 g/mol. The van der Waals surface area contributed by atoms with Crippen LogP contribution >= 0.6 is 11.3 Å². The Morgan fingerprint density at radius 2 is 1.58 bits per heavy atom. The van der Waals surface area contributed by atoms with Crippen LogP contribution < -0.4 is 10.9 Å². The molecule has 1 aliphatic heterocycles. The number of carbonyl (C=O) groups excluding carboxylic acids is 2. The van der Waals surface area contributed by atoms with E-state index in [1.54, 1.807) is 24.3 Å².